The van der Waals surface area contributed by atoms with Gasteiger partial charge < -0.3 is 15.2 Å². The van der Waals surface area contributed by atoms with E-state index >= 15 is 0 Å². The van der Waals surface area contributed by atoms with Crippen LogP contribution in [-0.2, 0) is 6.61 Å². The molecule has 0 spiro atoms. The highest BCUT2D eigenvalue weighted by Crippen LogP contribution is 2.24. The van der Waals surface area contributed by atoms with E-state index in [1.165, 1.54) is 6.07 Å². The number of nitrogens with two attached hydrogens (primary N) is 1. The van der Waals surface area contributed by atoms with Crippen LogP contribution in [0.25, 0.3) is 0 Å². The number of nitrogen functional groups attached to an aromatic ring is 1. The van der Waals surface area contributed by atoms with Crippen LogP contribution in [0, 0.1) is 5.82 Å². The smallest absolute Gasteiger partial charge is 0.165 e. The van der Waals surface area contributed by atoms with E-state index in [-0.39, 0.29) is 18.2 Å². The zero-order chi connectivity index (χ0) is 13.0. The first kappa shape index (κ1) is 12.2. The van der Waals surface area contributed by atoms with Gasteiger partial charge in [0.2, 0.25) is 0 Å². The molecule has 0 aliphatic carbocycles. The first-order chi connectivity index (χ1) is 8.70. The van der Waals surface area contributed by atoms with Gasteiger partial charge in [-0.05, 0) is 24.3 Å². The normalized spacial score (nSPS) is 10.1. The van der Waals surface area contributed by atoms with Crippen LogP contribution in [0.5, 0.6) is 11.5 Å². The SMILES string of the molecule is COc1cc(N)ccc1COc1ccccc1F. The van der Waals surface area contributed by atoms with Gasteiger partial charge in [-0.15, -0.1) is 0 Å². The second-order valence-corrected chi connectivity index (χ2v) is 3.79. The van der Waals surface area contributed by atoms with Gasteiger partial charge in [-0.1, -0.05) is 12.1 Å². The molecule has 94 valence electrons. The van der Waals surface area contributed by atoms with Crippen molar-refractivity contribution in [3.05, 3.63) is 53.8 Å². The lowest BCUT2D eigenvalue weighted by molar-refractivity contribution is 0.282. The summed E-state index contributed by atoms with van der Waals surface area (Å²) in [7, 11) is 1.56. The van der Waals surface area contributed by atoms with Gasteiger partial charge in [0.25, 0.3) is 0 Å². The molecular weight excluding hydrogens is 233 g/mol. The third-order valence-electron chi connectivity index (χ3n) is 2.53. The van der Waals surface area contributed by atoms with Crippen molar-refractivity contribution in [1.29, 1.82) is 0 Å². The summed E-state index contributed by atoms with van der Waals surface area (Å²) < 4.78 is 24.0. The van der Waals surface area contributed by atoms with Crippen molar-refractivity contribution in [2.45, 2.75) is 6.61 Å². The molecule has 0 aliphatic heterocycles. The Kier molecular flexibility index (Phi) is 3.67. The highest BCUT2D eigenvalue weighted by Gasteiger charge is 2.06. The molecule has 0 aromatic heterocycles. The van der Waals surface area contributed by atoms with Crippen LogP contribution in [0.2, 0.25) is 0 Å². The number of rotatable bonds is 4. The van der Waals surface area contributed by atoms with Crippen molar-refractivity contribution in [3.63, 3.8) is 0 Å². The molecule has 2 aromatic rings. The number of ether oxygens (including phenoxy) is 2. The number of anilines is 1. The number of para-hydroxylation sites is 1. The highest BCUT2D eigenvalue weighted by atomic mass is 19.1. The van der Waals surface area contributed by atoms with Crippen molar-refractivity contribution in [1.82, 2.24) is 0 Å². The molecule has 2 rings (SSSR count). The molecule has 0 saturated carbocycles. The van der Waals surface area contributed by atoms with Gasteiger partial charge in [-0.2, -0.15) is 0 Å². The predicted molar refractivity (Wildman–Crippen MR) is 68.1 cm³/mol. The summed E-state index contributed by atoms with van der Waals surface area (Å²) in [6.07, 6.45) is 0. The molecule has 4 heteroatoms. The highest BCUT2D eigenvalue weighted by molar-refractivity contribution is 5.48. The molecule has 0 amide bonds. The zero-order valence-electron chi connectivity index (χ0n) is 10.0. The van der Waals surface area contributed by atoms with Gasteiger partial charge >= 0.3 is 0 Å². The van der Waals surface area contributed by atoms with Crippen LogP contribution in [0.4, 0.5) is 10.1 Å². The van der Waals surface area contributed by atoms with Crippen molar-refractivity contribution in [3.8, 4) is 11.5 Å². The molecule has 0 fully saturated rings. The van der Waals surface area contributed by atoms with Gasteiger partial charge in [0.05, 0.1) is 7.11 Å². The van der Waals surface area contributed by atoms with E-state index in [4.69, 9.17) is 15.2 Å². The fourth-order valence-corrected chi connectivity index (χ4v) is 1.60. The van der Waals surface area contributed by atoms with Gasteiger partial charge in [-0.25, -0.2) is 4.39 Å². The topological polar surface area (TPSA) is 44.5 Å². The zero-order valence-corrected chi connectivity index (χ0v) is 10.0. The van der Waals surface area contributed by atoms with Crippen LogP contribution in [0.1, 0.15) is 5.56 Å². The van der Waals surface area contributed by atoms with Crippen LogP contribution < -0.4 is 15.2 Å². The molecule has 0 heterocycles. The Hall–Kier alpha value is -2.23. The van der Waals surface area contributed by atoms with Crippen molar-refractivity contribution in [2.24, 2.45) is 0 Å². The summed E-state index contributed by atoms with van der Waals surface area (Å²) in [5.41, 5.74) is 7.08. The molecule has 2 aromatic carbocycles. The third kappa shape index (κ3) is 2.71. The summed E-state index contributed by atoms with van der Waals surface area (Å²) in [6, 6.07) is 11.5. The van der Waals surface area contributed by atoms with E-state index in [2.05, 4.69) is 0 Å². The fraction of sp³-hybridized carbons (Fsp3) is 0.143. The molecule has 3 nitrogen and oxygen atoms in total. The summed E-state index contributed by atoms with van der Waals surface area (Å²) >= 11 is 0. The maximum atomic E-state index is 13.4. The van der Waals surface area contributed by atoms with Gasteiger partial charge in [0.15, 0.2) is 11.6 Å². The summed E-state index contributed by atoms with van der Waals surface area (Å²) in [5, 5.41) is 0. The maximum Gasteiger partial charge on any atom is 0.165 e. The minimum absolute atomic E-state index is 0.219. The second kappa shape index (κ2) is 5.40. The van der Waals surface area contributed by atoms with Crippen molar-refractivity contribution < 1.29 is 13.9 Å². The summed E-state index contributed by atoms with van der Waals surface area (Å²) in [6.45, 7) is 0.227. The quantitative estimate of drug-likeness (QED) is 0.845. The molecule has 0 saturated heterocycles. The van der Waals surface area contributed by atoms with Gasteiger partial charge in [0, 0.05) is 17.3 Å². The van der Waals surface area contributed by atoms with E-state index < -0.39 is 0 Å². The lowest BCUT2D eigenvalue weighted by Crippen LogP contribution is -2.00. The minimum atomic E-state index is -0.382. The van der Waals surface area contributed by atoms with Crippen LogP contribution in [0.15, 0.2) is 42.5 Å². The van der Waals surface area contributed by atoms with Crippen molar-refractivity contribution in [2.75, 3.05) is 12.8 Å². The summed E-state index contributed by atoms with van der Waals surface area (Å²) in [4.78, 5) is 0. The third-order valence-corrected chi connectivity index (χ3v) is 2.53. The van der Waals surface area contributed by atoms with Crippen molar-refractivity contribution >= 4 is 5.69 Å². The maximum absolute atomic E-state index is 13.4. The number of methoxy groups -OCH3 is 1. The minimum Gasteiger partial charge on any atom is -0.496 e. The summed E-state index contributed by atoms with van der Waals surface area (Å²) in [5.74, 6) is 0.467. The number of hydrogen-bond donors (Lipinski definition) is 1. The molecule has 0 atom stereocenters. The van der Waals surface area contributed by atoms with Gasteiger partial charge in [0.1, 0.15) is 12.4 Å². The van der Waals surface area contributed by atoms with E-state index in [1.807, 2.05) is 0 Å². The Morgan fingerprint density at radius 3 is 2.61 bits per heavy atom. The van der Waals surface area contributed by atoms with E-state index in [0.717, 1.165) is 5.56 Å². The Bertz CT molecular complexity index is 543. The Morgan fingerprint density at radius 2 is 1.89 bits per heavy atom. The number of hydrogen-bond acceptors (Lipinski definition) is 3. The Morgan fingerprint density at radius 1 is 1.11 bits per heavy atom. The number of halogens is 1. The average molecular weight is 247 g/mol. The van der Waals surface area contributed by atoms with Crippen LogP contribution in [0.3, 0.4) is 0 Å². The average Bonchev–Trinajstić information content (AvgIpc) is 2.39. The Balaban J connectivity index is 2.13. The van der Waals surface area contributed by atoms with E-state index in [9.17, 15) is 4.39 Å². The fourth-order valence-electron chi connectivity index (χ4n) is 1.60. The monoisotopic (exact) mass is 247 g/mol. The van der Waals surface area contributed by atoms with Gasteiger partial charge in [-0.3, -0.25) is 0 Å². The molecule has 0 bridgehead atoms. The lowest BCUT2D eigenvalue weighted by Gasteiger charge is -2.11. The molecular formula is C14H14FNO2. The van der Waals surface area contributed by atoms with E-state index in [0.29, 0.717) is 11.4 Å². The molecule has 0 aliphatic rings. The molecule has 0 unspecified atom stereocenters. The first-order valence-electron chi connectivity index (χ1n) is 5.50. The Labute approximate surface area is 105 Å². The largest absolute Gasteiger partial charge is 0.496 e. The molecule has 2 N–H and O–H groups in total. The lowest BCUT2D eigenvalue weighted by atomic mass is 10.2. The number of benzene rings is 2. The van der Waals surface area contributed by atoms with Crippen LogP contribution in [-0.4, -0.2) is 7.11 Å². The predicted octanol–water partition coefficient (Wildman–Crippen LogP) is 3.00. The van der Waals surface area contributed by atoms with E-state index in [1.54, 1.807) is 43.5 Å². The first-order valence-corrected chi connectivity index (χ1v) is 5.50. The standard InChI is InChI=1S/C14H14FNO2/c1-17-14-8-11(16)7-6-10(14)9-18-13-5-3-2-4-12(13)15/h2-8H,9,16H2,1H3. The second-order valence-electron chi connectivity index (χ2n) is 3.79. The molecule has 0 radical (unpaired) electrons. The van der Waals surface area contributed by atoms with Crippen LogP contribution >= 0.6 is 0 Å². The molecule has 18 heavy (non-hydrogen) atoms.